The maximum absolute atomic E-state index is 7.32. The molecule has 3 heteroatoms. The molecule has 1 heterocycles. The van der Waals surface area contributed by atoms with Crippen molar-refractivity contribution in [2.75, 3.05) is 0 Å². The van der Waals surface area contributed by atoms with Crippen LogP contribution >= 0.6 is 0 Å². The average molecular weight is 616 g/mol. The molecule has 0 amide bonds. The molecule has 236 valence electrons. The molecule has 0 saturated carbocycles. The van der Waals surface area contributed by atoms with Gasteiger partial charge in [-0.3, -0.25) is 0 Å². The Hall–Kier alpha value is -5.67. The van der Waals surface area contributed by atoms with E-state index in [1.807, 2.05) is 48.6 Å². The van der Waals surface area contributed by atoms with Crippen LogP contribution in [0.15, 0.2) is 141 Å². The van der Waals surface area contributed by atoms with Crippen molar-refractivity contribution in [3.8, 4) is 16.9 Å². The molecule has 4 aromatic rings. The van der Waals surface area contributed by atoms with Crippen LogP contribution in [0.1, 0.15) is 59.3 Å². The molecule has 0 fully saturated rings. The fraction of sp³-hybridized carbons (Fsp3) is 0.114. The molecular weight excluding hydrogens is 571 g/mol. The zero-order valence-corrected chi connectivity index (χ0v) is 28.1. The van der Waals surface area contributed by atoms with E-state index in [2.05, 4.69) is 125 Å². The molecule has 3 aromatic carbocycles. The molecule has 0 bridgehead atoms. The minimum absolute atomic E-state index is 0.706. The molecule has 3 nitrogen and oxygen atoms in total. The van der Waals surface area contributed by atoms with Gasteiger partial charge in [0.1, 0.15) is 0 Å². The maximum atomic E-state index is 7.32. The predicted molar refractivity (Wildman–Crippen MR) is 208 cm³/mol. The fourth-order valence-electron chi connectivity index (χ4n) is 5.50. The third-order valence-electron chi connectivity index (χ3n) is 8.46. The van der Waals surface area contributed by atoms with Gasteiger partial charge in [-0.1, -0.05) is 110 Å². The summed E-state index contributed by atoms with van der Waals surface area (Å²) in [5.74, 6) is 0. The molecule has 0 atom stereocenters. The van der Waals surface area contributed by atoms with E-state index in [1.165, 1.54) is 22.9 Å². The van der Waals surface area contributed by atoms with Gasteiger partial charge in [0.15, 0.2) is 0 Å². The van der Waals surface area contributed by atoms with Crippen molar-refractivity contribution in [3.05, 3.63) is 180 Å². The molecule has 0 saturated heterocycles. The molecule has 3 N–H and O–H groups in total. The van der Waals surface area contributed by atoms with Crippen LogP contribution in [-0.4, -0.2) is 10.8 Å². The minimum atomic E-state index is 0.706. The first kappa shape index (κ1) is 34.2. The summed E-state index contributed by atoms with van der Waals surface area (Å²) in [7, 11) is 0. The molecule has 1 aromatic heterocycles. The summed E-state index contributed by atoms with van der Waals surface area (Å²) in [6, 6.07) is 25.1. The third-order valence-corrected chi connectivity index (χ3v) is 8.46. The molecule has 0 aliphatic rings. The van der Waals surface area contributed by atoms with Crippen molar-refractivity contribution in [3.63, 3.8) is 0 Å². The van der Waals surface area contributed by atoms with E-state index in [0.29, 0.717) is 5.70 Å². The Balaban J connectivity index is 1.89. The van der Waals surface area contributed by atoms with Crippen LogP contribution in [-0.2, 0) is 0 Å². The number of benzene rings is 3. The van der Waals surface area contributed by atoms with Crippen molar-refractivity contribution < 1.29 is 0 Å². The highest BCUT2D eigenvalue weighted by Gasteiger charge is 2.21. The van der Waals surface area contributed by atoms with Crippen LogP contribution in [0.5, 0.6) is 0 Å². The molecule has 0 spiro atoms. The van der Waals surface area contributed by atoms with E-state index < -0.39 is 0 Å². The Kier molecular flexibility index (Phi) is 11.7. The summed E-state index contributed by atoms with van der Waals surface area (Å²) >= 11 is 0. The number of hydrogen-bond acceptors (Lipinski definition) is 2. The Morgan fingerprint density at radius 1 is 0.894 bits per heavy atom. The van der Waals surface area contributed by atoms with Gasteiger partial charge in [0.05, 0.1) is 11.4 Å². The van der Waals surface area contributed by atoms with Crippen LogP contribution in [0.3, 0.4) is 0 Å². The zero-order valence-electron chi connectivity index (χ0n) is 28.1. The van der Waals surface area contributed by atoms with Gasteiger partial charge in [0.25, 0.3) is 0 Å². The lowest BCUT2D eigenvalue weighted by Gasteiger charge is -2.17. The van der Waals surface area contributed by atoms with E-state index in [4.69, 9.17) is 11.1 Å². The van der Waals surface area contributed by atoms with E-state index in [0.717, 1.165) is 62.5 Å². The number of rotatable bonds is 13. The van der Waals surface area contributed by atoms with Crippen LogP contribution in [0.25, 0.3) is 45.9 Å². The van der Waals surface area contributed by atoms with Gasteiger partial charge in [-0.15, -0.1) is 0 Å². The highest BCUT2D eigenvalue weighted by atomic mass is 15.0. The lowest BCUT2D eigenvalue weighted by molar-refractivity contribution is 1.06. The van der Waals surface area contributed by atoms with E-state index in [1.54, 1.807) is 6.08 Å². The third kappa shape index (κ3) is 7.95. The predicted octanol–water partition coefficient (Wildman–Crippen LogP) is 11.6. The second-order valence-electron chi connectivity index (χ2n) is 11.5. The topological polar surface area (TPSA) is 54.8 Å². The van der Waals surface area contributed by atoms with Gasteiger partial charge in [-0.05, 0) is 121 Å². The Morgan fingerprint density at radius 3 is 2.32 bits per heavy atom. The van der Waals surface area contributed by atoms with Crippen molar-refractivity contribution in [1.29, 1.82) is 5.41 Å². The SMILES string of the molecule is C=C/C(=C\c1c(C)c(C)c(-c2ccc(/C(N)=C/C=C\C/C(C)=C/C)cc2C=C)n1-c1ccccc1)c1cccc(C(=C)/C=C\C=N)c1. The highest BCUT2D eigenvalue weighted by Crippen LogP contribution is 2.38. The number of allylic oxidation sites excluding steroid dienone is 10. The second kappa shape index (κ2) is 16.1. The number of aromatic nitrogens is 1. The highest BCUT2D eigenvalue weighted by molar-refractivity contribution is 5.91. The number of nitrogens with one attached hydrogen (secondary N) is 1. The minimum Gasteiger partial charge on any atom is -0.398 e. The number of nitrogens with zero attached hydrogens (tertiary/aromatic N) is 1. The quantitative estimate of drug-likeness (QED) is 0.0877. The van der Waals surface area contributed by atoms with E-state index in [9.17, 15) is 0 Å². The van der Waals surface area contributed by atoms with E-state index in [-0.39, 0.29) is 0 Å². The van der Waals surface area contributed by atoms with Gasteiger partial charge in [0, 0.05) is 23.2 Å². The molecule has 4 rings (SSSR count). The number of hydrogen-bond donors (Lipinski definition) is 2. The summed E-state index contributed by atoms with van der Waals surface area (Å²) in [5, 5.41) is 7.32. The lowest BCUT2D eigenvalue weighted by atomic mass is 9.97. The maximum Gasteiger partial charge on any atom is 0.0572 e. The number of para-hydroxylation sites is 1. The van der Waals surface area contributed by atoms with Crippen molar-refractivity contribution in [2.24, 2.45) is 5.73 Å². The van der Waals surface area contributed by atoms with E-state index >= 15 is 0 Å². The monoisotopic (exact) mass is 615 g/mol. The molecule has 0 radical (unpaired) electrons. The average Bonchev–Trinajstić information content (AvgIpc) is 3.35. The first-order valence-corrected chi connectivity index (χ1v) is 15.8. The first-order chi connectivity index (χ1) is 22.7. The Labute approximate surface area is 281 Å². The van der Waals surface area contributed by atoms with Crippen LogP contribution < -0.4 is 5.73 Å². The number of nitrogens with two attached hydrogens (primary N) is 1. The summed E-state index contributed by atoms with van der Waals surface area (Å²) in [4.78, 5) is 0. The summed E-state index contributed by atoms with van der Waals surface area (Å²) in [6.07, 6.45) is 19.9. The smallest absolute Gasteiger partial charge is 0.0572 e. The largest absolute Gasteiger partial charge is 0.398 e. The van der Waals surface area contributed by atoms with Gasteiger partial charge in [0.2, 0.25) is 0 Å². The van der Waals surface area contributed by atoms with Crippen molar-refractivity contribution >= 4 is 35.2 Å². The summed E-state index contributed by atoms with van der Waals surface area (Å²) in [6.45, 7) is 21.1. The van der Waals surface area contributed by atoms with Crippen molar-refractivity contribution in [1.82, 2.24) is 4.57 Å². The van der Waals surface area contributed by atoms with Gasteiger partial charge in [-0.25, -0.2) is 0 Å². The summed E-state index contributed by atoms with van der Waals surface area (Å²) < 4.78 is 2.33. The summed E-state index contributed by atoms with van der Waals surface area (Å²) in [5.41, 5.74) is 21.1. The molecule has 0 aliphatic heterocycles. The standard InChI is InChI=1S/C44H45N3/c1-8-31(4)18-14-15-24-42(46)39-25-26-41(36(10-3)28-39)44-34(7)33(6)43(47(44)40-22-12-11-13-23-40)30-35(9-2)38-21-16-20-37(29-38)32(5)19-17-27-45/h8-17,19-30,45H,2-3,5,18,46H2,1,4,6-7H3/b15-14-,19-17-,31-8+,35-30+,42-24-,45-27?. The van der Waals surface area contributed by atoms with Crippen LogP contribution in [0.4, 0.5) is 0 Å². The van der Waals surface area contributed by atoms with Gasteiger partial charge in [-0.2, -0.15) is 0 Å². The fourth-order valence-corrected chi connectivity index (χ4v) is 5.50. The van der Waals surface area contributed by atoms with Crippen LogP contribution in [0.2, 0.25) is 0 Å². The molecule has 0 aliphatic carbocycles. The van der Waals surface area contributed by atoms with Crippen LogP contribution in [0, 0.1) is 19.3 Å². The molecule has 47 heavy (non-hydrogen) atoms. The lowest BCUT2D eigenvalue weighted by Crippen LogP contribution is -2.02. The first-order valence-electron chi connectivity index (χ1n) is 15.8. The van der Waals surface area contributed by atoms with Gasteiger partial charge < -0.3 is 15.7 Å². The van der Waals surface area contributed by atoms with Crippen molar-refractivity contribution in [2.45, 2.75) is 34.1 Å². The normalized spacial score (nSPS) is 12.6. The molecule has 0 unspecified atom stereocenters. The Bertz CT molecular complexity index is 1950. The second-order valence-corrected chi connectivity index (χ2v) is 11.5. The van der Waals surface area contributed by atoms with Gasteiger partial charge >= 0.3 is 0 Å². The molecular formula is C44H45N3. The zero-order chi connectivity index (χ0) is 33.9. The Morgan fingerprint density at radius 2 is 1.64 bits per heavy atom.